The van der Waals surface area contributed by atoms with Crippen molar-refractivity contribution in [1.29, 1.82) is 0 Å². The quantitative estimate of drug-likeness (QED) is 0.834. The summed E-state index contributed by atoms with van der Waals surface area (Å²) < 4.78 is 5.46. The van der Waals surface area contributed by atoms with Crippen LogP contribution in [0.5, 0.6) is 0 Å². The van der Waals surface area contributed by atoms with E-state index in [1.165, 1.54) is 4.88 Å². The van der Waals surface area contributed by atoms with Crippen molar-refractivity contribution >= 4 is 17.4 Å². The van der Waals surface area contributed by atoms with E-state index >= 15 is 0 Å². The highest BCUT2D eigenvalue weighted by atomic mass is 32.1. The number of amides is 1. The van der Waals surface area contributed by atoms with Crippen LogP contribution >= 0.6 is 11.3 Å². The molecule has 1 aliphatic heterocycles. The normalized spacial score (nSPS) is 22.1. The van der Waals surface area contributed by atoms with Gasteiger partial charge >= 0.3 is 6.09 Å². The van der Waals surface area contributed by atoms with Gasteiger partial charge in [-0.25, -0.2) is 4.79 Å². The summed E-state index contributed by atoms with van der Waals surface area (Å²) in [6.45, 7) is 12.5. The fourth-order valence-electron chi connectivity index (χ4n) is 2.73. The molecule has 5 heteroatoms. The molecule has 1 saturated heterocycles. The summed E-state index contributed by atoms with van der Waals surface area (Å²) in [5.41, 5.74) is -0.429. The number of nitrogens with zero attached hydrogens (tertiary/aromatic N) is 2. The Balaban J connectivity index is 1.94. The number of hydrogen-bond acceptors (Lipinski definition) is 4. The highest BCUT2D eigenvalue weighted by molar-refractivity contribution is 7.10. The minimum absolute atomic E-state index is 0.197. The second-order valence-corrected chi connectivity index (χ2v) is 7.68. The van der Waals surface area contributed by atoms with Gasteiger partial charge in [-0.3, -0.25) is 4.90 Å². The number of ether oxygens (including phenoxy) is 1. The predicted octanol–water partition coefficient (Wildman–Crippen LogP) is 3.75. The van der Waals surface area contributed by atoms with E-state index in [9.17, 15) is 4.79 Å². The number of carbonyl (C=O) groups is 1. The Labute approximate surface area is 131 Å². The Morgan fingerprint density at radius 3 is 2.67 bits per heavy atom. The van der Waals surface area contributed by atoms with Crippen molar-refractivity contribution in [2.45, 2.75) is 52.3 Å². The smallest absolute Gasteiger partial charge is 0.410 e. The Hall–Kier alpha value is -1.07. The molecule has 0 spiro atoms. The van der Waals surface area contributed by atoms with Crippen LogP contribution in [-0.4, -0.2) is 47.2 Å². The molecule has 0 N–H and O–H groups in total. The van der Waals surface area contributed by atoms with Crippen molar-refractivity contribution in [1.82, 2.24) is 9.80 Å². The van der Waals surface area contributed by atoms with E-state index in [0.29, 0.717) is 12.1 Å². The van der Waals surface area contributed by atoms with E-state index in [0.717, 1.165) is 19.6 Å². The van der Waals surface area contributed by atoms with Gasteiger partial charge in [0.15, 0.2) is 0 Å². The molecule has 0 radical (unpaired) electrons. The van der Waals surface area contributed by atoms with Crippen LogP contribution in [0, 0.1) is 0 Å². The summed E-state index contributed by atoms with van der Waals surface area (Å²) in [5.74, 6) is 0. The largest absolute Gasteiger partial charge is 0.444 e. The number of carbonyl (C=O) groups excluding carboxylic acids is 1. The topological polar surface area (TPSA) is 32.8 Å². The molecule has 0 saturated carbocycles. The van der Waals surface area contributed by atoms with Gasteiger partial charge in [0.1, 0.15) is 5.60 Å². The van der Waals surface area contributed by atoms with Crippen LogP contribution in [-0.2, 0) is 4.74 Å². The highest BCUT2D eigenvalue weighted by Crippen LogP contribution is 2.28. The minimum atomic E-state index is -0.429. The van der Waals surface area contributed by atoms with Crippen LogP contribution in [0.2, 0.25) is 0 Å². The monoisotopic (exact) mass is 310 g/mol. The molecule has 4 nitrogen and oxygen atoms in total. The third kappa shape index (κ3) is 4.20. The SMILES string of the molecule is C[C@H]1CN(C(=O)OC(C)(C)C)CCN1[C@@H](C)c1cccs1. The van der Waals surface area contributed by atoms with Crippen LogP contribution in [0.1, 0.15) is 45.5 Å². The molecule has 2 heterocycles. The summed E-state index contributed by atoms with van der Waals surface area (Å²) in [6, 6.07) is 5.02. The van der Waals surface area contributed by atoms with Crippen LogP contribution < -0.4 is 0 Å². The summed E-state index contributed by atoms with van der Waals surface area (Å²) in [4.78, 5) is 17.8. The molecular weight excluding hydrogens is 284 g/mol. The van der Waals surface area contributed by atoms with E-state index in [1.54, 1.807) is 11.3 Å². The van der Waals surface area contributed by atoms with Crippen molar-refractivity contribution in [2.24, 2.45) is 0 Å². The molecule has 1 aliphatic rings. The van der Waals surface area contributed by atoms with Crippen LogP contribution in [0.3, 0.4) is 0 Å². The van der Waals surface area contributed by atoms with Crippen molar-refractivity contribution in [2.75, 3.05) is 19.6 Å². The Kier molecular flexibility index (Phi) is 4.94. The maximum Gasteiger partial charge on any atom is 0.410 e. The Morgan fingerprint density at radius 1 is 1.43 bits per heavy atom. The van der Waals surface area contributed by atoms with Gasteiger partial charge in [0, 0.05) is 36.6 Å². The summed E-state index contributed by atoms with van der Waals surface area (Å²) >= 11 is 1.79. The zero-order valence-electron chi connectivity index (χ0n) is 13.6. The van der Waals surface area contributed by atoms with E-state index in [-0.39, 0.29) is 6.09 Å². The van der Waals surface area contributed by atoms with Crippen molar-refractivity contribution in [3.8, 4) is 0 Å². The van der Waals surface area contributed by atoms with Crippen molar-refractivity contribution in [3.05, 3.63) is 22.4 Å². The van der Waals surface area contributed by atoms with E-state index in [4.69, 9.17) is 4.74 Å². The average molecular weight is 310 g/mol. The van der Waals surface area contributed by atoms with Crippen molar-refractivity contribution < 1.29 is 9.53 Å². The lowest BCUT2D eigenvalue weighted by atomic mass is 10.1. The van der Waals surface area contributed by atoms with Gasteiger partial charge in [-0.2, -0.15) is 0 Å². The summed E-state index contributed by atoms with van der Waals surface area (Å²) in [7, 11) is 0. The van der Waals surface area contributed by atoms with Crippen molar-refractivity contribution in [3.63, 3.8) is 0 Å². The number of rotatable bonds is 2. The molecule has 0 aliphatic carbocycles. The second kappa shape index (κ2) is 6.36. The van der Waals surface area contributed by atoms with Crippen LogP contribution in [0.15, 0.2) is 17.5 Å². The lowest BCUT2D eigenvalue weighted by Gasteiger charge is -2.42. The highest BCUT2D eigenvalue weighted by Gasteiger charge is 2.32. The molecule has 2 atom stereocenters. The minimum Gasteiger partial charge on any atom is -0.444 e. The third-order valence-electron chi connectivity index (χ3n) is 3.78. The predicted molar refractivity (Wildman–Crippen MR) is 86.7 cm³/mol. The molecule has 1 amide bonds. The third-order valence-corrected chi connectivity index (χ3v) is 4.83. The van der Waals surface area contributed by atoms with Gasteiger partial charge in [-0.15, -0.1) is 11.3 Å². The maximum atomic E-state index is 12.2. The first kappa shape index (κ1) is 16.3. The Morgan fingerprint density at radius 2 is 2.14 bits per heavy atom. The molecule has 0 aromatic carbocycles. The molecule has 1 aromatic rings. The fourth-order valence-corrected chi connectivity index (χ4v) is 3.54. The van der Waals surface area contributed by atoms with Crippen LogP contribution in [0.4, 0.5) is 4.79 Å². The van der Waals surface area contributed by atoms with Gasteiger partial charge in [-0.05, 0) is 46.1 Å². The molecule has 0 bridgehead atoms. The van der Waals surface area contributed by atoms with E-state index in [1.807, 2.05) is 25.7 Å². The molecule has 1 fully saturated rings. The molecule has 1 aromatic heterocycles. The molecule has 118 valence electrons. The standard InChI is InChI=1S/C16H26N2O2S/c1-12-11-17(15(19)20-16(3,4)5)8-9-18(12)13(2)14-7-6-10-21-14/h6-7,10,12-13H,8-9,11H2,1-5H3/t12-,13-/m0/s1. The molecule has 2 rings (SSSR count). The van der Waals surface area contributed by atoms with Gasteiger partial charge < -0.3 is 9.64 Å². The zero-order valence-corrected chi connectivity index (χ0v) is 14.4. The first-order valence-corrected chi connectivity index (χ1v) is 8.43. The molecule has 0 unspecified atom stereocenters. The number of piperazine rings is 1. The zero-order chi connectivity index (χ0) is 15.6. The summed E-state index contributed by atoms with van der Waals surface area (Å²) in [6.07, 6.45) is -0.197. The van der Waals surface area contributed by atoms with Gasteiger partial charge in [0.25, 0.3) is 0 Å². The number of hydrogen-bond donors (Lipinski definition) is 0. The fraction of sp³-hybridized carbons (Fsp3) is 0.688. The van der Waals surface area contributed by atoms with E-state index < -0.39 is 5.60 Å². The lowest BCUT2D eigenvalue weighted by Crippen LogP contribution is -2.54. The second-order valence-electron chi connectivity index (χ2n) is 6.70. The Bertz CT molecular complexity index is 467. The average Bonchev–Trinajstić information content (AvgIpc) is 2.89. The van der Waals surface area contributed by atoms with E-state index in [2.05, 4.69) is 36.3 Å². The van der Waals surface area contributed by atoms with Gasteiger partial charge in [0.2, 0.25) is 0 Å². The van der Waals surface area contributed by atoms with Gasteiger partial charge in [0.05, 0.1) is 0 Å². The number of thiophene rings is 1. The lowest BCUT2D eigenvalue weighted by molar-refractivity contribution is -0.000447. The van der Waals surface area contributed by atoms with Crippen LogP contribution in [0.25, 0.3) is 0 Å². The first-order chi connectivity index (χ1) is 9.78. The molecule has 21 heavy (non-hydrogen) atoms. The first-order valence-electron chi connectivity index (χ1n) is 7.55. The molecular formula is C16H26N2O2S. The maximum absolute atomic E-state index is 12.2. The summed E-state index contributed by atoms with van der Waals surface area (Å²) in [5, 5.41) is 2.12. The van der Waals surface area contributed by atoms with Gasteiger partial charge in [-0.1, -0.05) is 6.07 Å².